The van der Waals surface area contributed by atoms with E-state index in [9.17, 15) is 0 Å². The van der Waals surface area contributed by atoms with Gasteiger partial charge in [0.2, 0.25) is 0 Å². The van der Waals surface area contributed by atoms with Gasteiger partial charge in [-0.1, -0.05) is 58.9 Å². The molecule has 0 radical (unpaired) electrons. The molecular formula is C21H36ClNO. The van der Waals surface area contributed by atoms with Crippen LogP contribution in [0.1, 0.15) is 72.1 Å². The highest BCUT2D eigenvalue weighted by Crippen LogP contribution is 2.33. The van der Waals surface area contributed by atoms with E-state index < -0.39 is 0 Å². The summed E-state index contributed by atoms with van der Waals surface area (Å²) in [6.45, 7) is 18.0. The lowest BCUT2D eigenvalue weighted by Gasteiger charge is -2.42. The van der Waals surface area contributed by atoms with Crippen LogP contribution in [0.25, 0.3) is 0 Å². The zero-order chi connectivity index (χ0) is 17.2. The third-order valence-corrected chi connectivity index (χ3v) is 5.39. The van der Waals surface area contributed by atoms with Gasteiger partial charge in [0.1, 0.15) is 0 Å². The van der Waals surface area contributed by atoms with Gasteiger partial charge in [0, 0.05) is 19.1 Å². The standard InChI is InChI=1S/C21H35NO.ClH/c1-8-21(6,7)19-11-9-18(10-12-19)20(15(2)3)22-13-16(4)23-17(5)14-22;/h9-12,15-17,20H,8,13-14H2,1-7H3;1H. The predicted molar refractivity (Wildman–Crippen MR) is 106 cm³/mol. The Morgan fingerprint density at radius 2 is 1.58 bits per heavy atom. The molecule has 1 fully saturated rings. The summed E-state index contributed by atoms with van der Waals surface area (Å²) in [5, 5.41) is 0. The minimum atomic E-state index is 0. The fourth-order valence-electron chi connectivity index (χ4n) is 3.80. The van der Waals surface area contributed by atoms with Crippen LogP contribution >= 0.6 is 12.4 Å². The largest absolute Gasteiger partial charge is 0.373 e. The number of morpholine rings is 1. The molecular weight excluding hydrogens is 318 g/mol. The first-order valence-corrected chi connectivity index (χ1v) is 9.24. The van der Waals surface area contributed by atoms with Crippen LogP contribution in [0.15, 0.2) is 24.3 Å². The third-order valence-electron chi connectivity index (χ3n) is 5.39. The first-order chi connectivity index (χ1) is 10.7. The van der Waals surface area contributed by atoms with Gasteiger partial charge in [-0.05, 0) is 42.7 Å². The van der Waals surface area contributed by atoms with Crippen LogP contribution in [0.5, 0.6) is 0 Å². The van der Waals surface area contributed by atoms with Crippen molar-refractivity contribution < 1.29 is 4.74 Å². The van der Waals surface area contributed by atoms with Crippen LogP contribution in [-0.2, 0) is 10.2 Å². The first kappa shape index (κ1) is 21.5. The molecule has 1 saturated heterocycles. The molecule has 0 saturated carbocycles. The van der Waals surface area contributed by atoms with Crippen LogP contribution < -0.4 is 0 Å². The smallest absolute Gasteiger partial charge is 0.0678 e. The highest BCUT2D eigenvalue weighted by molar-refractivity contribution is 5.85. The quantitative estimate of drug-likeness (QED) is 0.682. The molecule has 138 valence electrons. The normalized spacial score (nSPS) is 23.8. The Morgan fingerprint density at radius 1 is 1.08 bits per heavy atom. The number of ether oxygens (including phenoxy) is 1. The molecule has 3 atom stereocenters. The second-order valence-electron chi connectivity index (χ2n) is 8.26. The third kappa shape index (κ3) is 4.97. The molecule has 1 aromatic rings. The summed E-state index contributed by atoms with van der Waals surface area (Å²) in [6.07, 6.45) is 1.80. The number of hydrogen-bond donors (Lipinski definition) is 0. The molecule has 0 aromatic heterocycles. The van der Waals surface area contributed by atoms with E-state index in [1.54, 1.807) is 0 Å². The van der Waals surface area contributed by atoms with Gasteiger partial charge in [-0.25, -0.2) is 0 Å². The number of hydrogen-bond acceptors (Lipinski definition) is 2. The van der Waals surface area contributed by atoms with E-state index in [4.69, 9.17) is 4.74 Å². The summed E-state index contributed by atoms with van der Waals surface area (Å²) in [6, 6.07) is 9.84. The monoisotopic (exact) mass is 353 g/mol. The van der Waals surface area contributed by atoms with Gasteiger partial charge in [-0.2, -0.15) is 0 Å². The van der Waals surface area contributed by atoms with E-state index in [0.29, 0.717) is 24.2 Å². The summed E-state index contributed by atoms with van der Waals surface area (Å²) in [5.74, 6) is 0.595. The summed E-state index contributed by atoms with van der Waals surface area (Å²) in [7, 11) is 0. The summed E-state index contributed by atoms with van der Waals surface area (Å²) >= 11 is 0. The fourth-order valence-corrected chi connectivity index (χ4v) is 3.80. The van der Waals surface area contributed by atoms with Gasteiger partial charge < -0.3 is 4.74 Å². The van der Waals surface area contributed by atoms with E-state index in [1.165, 1.54) is 17.5 Å². The number of benzene rings is 1. The van der Waals surface area contributed by atoms with Crippen molar-refractivity contribution in [1.82, 2.24) is 4.90 Å². The number of rotatable bonds is 5. The van der Waals surface area contributed by atoms with E-state index >= 15 is 0 Å². The van der Waals surface area contributed by atoms with Crippen molar-refractivity contribution in [3.63, 3.8) is 0 Å². The van der Waals surface area contributed by atoms with Gasteiger partial charge in [-0.15, -0.1) is 12.4 Å². The van der Waals surface area contributed by atoms with Crippen molar-refractivity contribution in [1.29, 1.82) is 0 Å². The van der Waals surface area contributed by atoms with Gasteiger partial charge in [0.15, 0.2) is 0 Å². The molecule has 1 aliphatic rings. The molecule has 3 heteroatoms. The van der Waals surface area contributed by atoms with Crippen molar-refractivity contribution in [3.05, 3.63) is 35.4 Å². The maximum absolute atomic E-state index is 5.92. The molecule has 1 aliphatic heterocycles. The topological polar surface area (TPSA) is 12.5 Å². The van der Waals surface area contributed by atoms with Crippen molar-refractivity contribution in [2.45, 2.75) is 78.6 Å². The van der Waals surface area contributed by atoms with Crippen molar-refractivity contribution >= 4 is 12.4 Å². The van der Waals surface area contributed by atoms with Crippen LogP contribution in [0.4, 0.5) is 0 Å². The minimum absolute atomic E-state index is 0. The van der Waals surface area contributed by atoms with Gasteiger partial charge >= 0.3 is 0 Å². The molecule has 0 N–H and O–H groups in total. The molecule has 1 heterocycles. The Balaban J connectivity index is 0.00000288. The number of halogens is 1. The van der Waals surface area contributed by atoms with Gasteiger partial charge in [0.05, 0.1) is 12.2 Å². The van der Waals surface area contributed by atoms with Crippen LogP contribution in [0.2, 0.25) is 0 Å². The van der Waals surface area contributed by atoms with Crippen molar-refractivity contribution in [2.24, 2.45) is 5.92 Å². The summed E-state index contributed by atoms with van der Waals surface area (Å²) < 4.78 is 5.92. The summed E-state index contributed by atoms with van der Waals surface area (Å²) in [4.78, 5) is 2.61. The second kappa shape index (κ2) is 8.69. The molecule has 0 amide bonds. The van der Waals surface area contributed by atoms with E-state index in [2.05, 4.69) is 77.6 Å². The average Bonchev–Trinajstić information content (AvgIpc) is 2.46. The zero-order valence-corrected chi connectivity index (χ0v) is 17.3. The highest BCUT2D eigenvalue weighted by atomic mass is 35.5. The Kier molecular flexibility index (Phi) is 7.77. The molecule has 0 spiro atoms. The SMILES string of the molecule is CCC(C)(C)c1ccc(C(C(C)C)N2CC(C)OC(C)C2)cc1.Cl. The van der Waals surface area contributed by atoms with E-state index in [-0.39, 0.29) is 17.8 Å². The minimum Gasteiger partial charge on any atom is -0.373 e. The highest BCUT2D eigenvalue weighted by Gasteiger charge is 2.30. The fraction of sp³-hybridized carbons (Fsp3) is 0.714. The van der Waals surface area contributed by atoms with Gasteiger partial charge in [0.25, 0.3) is 0 Å². The lowest BCUT2D eigenvalue weighted by molar-refractivity contribution is -0.0862. The van der Waals surface area contributed by atoms with Gasteiger partial charge in [-0.3, -0.25) is 4.90 Å². The Bertz CT molecular complexity index is 487. The summed E-state index contributed by atoms with van der Waals surface area (Å²) in [5.41, 5.74) is 3.14. The lowest BCUT2D eigenvalue weighted by atomic mass is 9.81. The van der Waals surface area contributed by atoms with Crippen molar-refractivity contribution in [2.75, 3.05) is 13.1 Å². The molecule has 0 aliphatic carbocycles. The number of nitrogens with zero attached hydrogens (tertiary/aromatic N) is 1. The van der Waals surface area contributed by atoms with Crippen LogP contribution in [-0.4, -0.2) is 30.2 Å². The average molecular weight is 354 g/mol. The predicted octanol–water partition coefficient (Wildman–Crippen LogP) is 5.60. The van der Waals surface area contributed by atoms with Crippen LogP contribution in [0, 0.1) is 5.92 Å². The Labute approximate surface area is 155 Å². The molecule has 2 nitrogen and oxygen atoms in total. The maximum atomic E-state index is 5.92. The molecule has 1 aromatic carbocycles. The zero-order valence-electron chi connectivity index (χ0n) is 16.5. The van der Waals surface area contributed by atoms with E-state index in [1.807, 2.05) is 0 Å². The maximum Gasteiger partial charge on any atom is 0.0678 e. The first-order valence-electron chi connectivity index (χ1n) is 9.24. The molecule has 24 heavy (non-hydrogen) atoms. The lowest BCUT2D eigenvalue weighted by Crippen LogP contribution is -2.48. The van der Waals surface area contributed by atoms with E-state index in [0.717, 1.165) is 13.1 Å². The molecule has 3 unspecified atom stereocenters. The Morgan fingerprint density at radius 3 is 2.00 bits per heavy atom. The van der Waals surface area contributed by atoms with Crippen molar-refractivity contribution in [3.8, 4) is 0 Å². The van der Waals surface area contributed by atoms with Crippen LogP contribution in [0.3, 0.4) is 0 Å². The second-order valence-corrected chi connectivity index (χ2v) is 8.26. The molecule has 2 rings (SSSR count). The Hall–Kier alpha value is -0.570. The molecule has 0 bridgehead atoms.